The van der Waals surface area contributed by atoms with Crippen LogP contribution in [-0.4, -0.2) is 48.7 Å². The van der Waals surface area contributed by atoms with E-state index < -0.39 is 6.16 Å². The molecule has 0 saturated carbocycles. The highest BCUT2D eigenvalue weighted by Gasteiger charge is 2.33. The van der Waals surface area contributed by atoms with Gasteiger partial charge in [-0.05, 0) is 57.6 Å². The predicted octanol–water partition coefficient (Wildman–Crippen LogP) is 7.70. The van der Waals surface area contributed by atoms with Crippen LogP contribution in [0.3, 0.4) is 0 Å². The second-order valence-corrected chi connectivity index (χ2v) is 11.0. The van der Waals surface area contributed by atoms with Gasteiger partial charge in [-0.15, -0.1) is 5.06 Å². The maximum Gasteiger partial charge on any atom is 0.525 e. The fraction of sp³-hybridized carbons (Fsp3) is 0.324. The van der Waals surface area contributed by atoms with Crippen LogP contribution >= 0.6 is 15.9 Å². The smallest absolute Gasteiger partial charge is 0.494 e. The summed E-state index contributed by atoms with van der Waals surface area (Å²) >= 11 is 3.59. The summed E-state index contributed by atoms with van der Waals surface area (Å²) in [5.41, 5.74) is 4.60. The van der Waals surface area contributed by atoms with Crippen molar-refractivity contribution in [2.24, 2.45) is 0 Å². The zero-order valence-electron chi connectivity index (χ0n) is 23.5. The lowest BCUT2D eigenvalue weighted by molar-refractivity contribution is -0.166. The van der Waals surface area contributed by atoms with Gasteiger partial charge in [-0.25, -0.2) is 4.79 Å². The number of carbonyl (C=O) groups is 1. The van der Waals surface area contributed by atoms with Gasteiger partial charge in [0.15, 0.2) is 0 Å². The number of halogens is 1. The molecule has 0 radical (unpaired) electrons. The molecule has 0 amide bonds. The summed E-state index contributed by atoms with van der Waals surface area (Å²) in [4.78, 5) is 16.2. The first kappa shape index (κ1) is 30.0. The molecule has 2 unspecified atom stereocenters. The van der Waals surface area contributed by atoms with Crippen LogP contribution in [0, 0.1) is 0 Å². The first-order valence-electron chi connectivity index (χ1n) is 14.3. The Bertz CT molecular complexity index is 1430. The van der Waals surface area contributed by atoms with Crippen molar-refractivity contribution in [2.75, 3.05) is 26.3 Å². The second-order valence-electron chi connectivity index (χ2n) is 10.4. The summed E-state index contributed by atoms with van der Waals surface area (Å²) in [6.45, 7) is 3.10. The van der Waals surface area contributed by atoms with Crippen molar-refractivity contribution in [3.8, 4) is 5.75 Å². The molecule has 8 heteroatoms. The Labute approximate surface area is 255 Å². The Kier molecular flexibility index (Phi) is 10.8. The zero-order valence-corrected chi connectivity index (χ0v) is 25.1. The van der Waals surface area contributed by atoms with E-state index in [1.165, 1.54) is 21.4 Å². The molecule has 0 spiro atoms. The third-order valence-corrected chi connectivity index (χ3v) is 8.10. The number of benzene rings is 4. The molecule has 0 aliphatic carbocycles. The minimum Gasteiger partial charge on any atom is -0.494 e. The molecule has 1 heterocycles. The second kappa shape index (κ2) is 15.2. The maximum atomic E-state index is 11.2. The molecule has 4 aromatic rings. The summed E-state index contributed by atoms with van der Waals surface area (Å²) in [6, 6.07) is 30.9. The summed E-state index contributed by atoms with van der Waals surface area (Å²) in [5.74, 6) is 0.905. The Morgan fingerprint density at radius 1 is 0.905 bits per heavy atom. The van der Waals surface area contributed by atoms with Crippen molar-refractivity contribution in [1.29, 1.82) is 0 Å². The van der Waals surface area contributed by atoms with Crippen molar-refractivity contribution < 1.29 is 28.9 Å². The summed E-state index contributed by atoms with van der Waals surface area (Å²) in [7, 11) is 0. The van der Waals surface area contributed by atoms with Gasteiger partial charge >= 0.3 is 6.16 Å². The van der Waals surface area contributed by atoms with Gasteiger partial charge in [0, 0.05) is 24.2 Å². The highest BCUT2D eigenvalue weighted by Crippen LogP contribution is 2.33. The van der Waals surface area contributed by atoms with E-state index in [1.807, 2.05) is 30.3 Å². The summed E-state index contributed by atoms with van der Waals surface area (Å²) in [5, 5.41) is 13.8. The Morgan fingerprint density at radius 2 is 1.74 bits per heavy atom. The van der Waals surface area contributed by atoms with Crippen LogP contribution in [0.25, 0.3) is 10.8 Å². The predicted molar refractivity (Wildman–Crippen MR) is 166 cm³/mol. The standard InChI is InChI=1S/C34H36BrNO6/c35-21-29-9-4-8-27-11-10-26(20-32(27)29)24-41-33-22-36(42-34(37)38)17-16-31(33)28-12-14-30(15-13-28)40-19-5-18-39-23-25-6-2-1-3-7-25/h1-4,6-15,20,31,33H,5,16-19,21-24H2,(H,37,38). The SMILES string of the molecule is O=C(O)ON1CCC(c2ccc(OCCCOCc3ccccc3)cc2)C(OCc2ccc3cccc(CBr)c3c2)C1. The molecule has 42 heavy (non-hydrogen) atoms. The van der Waals surface area contributed by atoms with E-state index in [2.05, 4.69) is 76.6 Å². The Balaban J connectivity index is 1.17. The van der Waals surface area contributed by atoms with Gasteiger partial charge in [0.05, 0.1) is 39.1 Å². The van der Waals surface area contributed by atoms with Gasteiger partial charge in [0.1, 0.15) is 5.75 Å². The monoisotopic (exact) mass is 633 g/mol. The van der Waals surface area contributed by atoms with Gasteiger partial charge in [-0.3, -0.25) is 0 Å². The molecule has 1 saturated heterocycles. The summed E-state index contributed by atoms with van der Waals surface area (Å²) < 4.78 is 18.1. The molecule has 0 bridgehead atoms. The number of alkyl halides is 1. The van der Waals surface area contributed by atoms with E-state index in [9.17, 15) is 4.79 Å². The first-order chi connectivity index (χ1) is 20.6. The van der Waals surface area contributed by atoms with E-state index in [4.69, 9.17) is 24.2 Å². The third kappa shape index (κ3) is 8.32. The normalized spacial score (nSPS) is 17.3. The van der Waals surface area contributed by atoms with Gasteiger partial charge in [0.2, 0.25) is 0 Å². The third-order valence-electron chi connectivity index (χ3n) is 7.50. The van der Waals surface area contributed by atoms with Crippen LogP contribution in [-0.2, 0) is 32.9 Å². The van der Waals surface area contributed by atoms with Crippen molar-refractivity contribution in [1.82, 2.24) is 5.06 Å². The quantitative estimate of drug-likeness (QED) is 0.119. The number of piperidine rings is 1. The van der Waals surface area contributed by atoms with E-state index in [1.54, 1.807) is 0 Å². The average Bonchev–Trinajstić information content (AvgIpc) is 3.02. The zero-order chi connectivity index (χ0) is 29.1. The van der Waals surface area contributed by atoms with Crippen molar-refractivity contribution in [3.63, 3.8) is 0 Å². The number of carboxylic acid groups (broad SMARTS) is 1. The van der Waals surface area contributed by atoms with E-state index >= 15 is 0 Å². The minimum absolute atomic E-state index is 0.0950. The Morgan fingerprint density at radius 3 is 2.52 bits per heavy atom. The van der Waals surface area contributed by atoms with Crippen LogP contribution < -0.4 is 4.74 Å². The number of hydrogen-bond donors (Lipinski definition) is 1. The number of ether oxygens (including phenoxy) is 3. The lowest BCUT2D eigenvalue weighted by Crippen LogP contribution is -2.44. The van der Waals surface area contributed by atoms with E-state index in [0.29, 0.717) is 45.9 Å². The molecule has 1 fully saturated rings. The van der Waals surface area contributed by atoms with Crippen molar-refractivity contribution >= 4 is 32.9 Å². The van der Waals surface area contributed by atoms with Crippen LogP contribution in [0.5, 0.6) is 5.75 Å². The number of fused-ring (bicyclic) bond motifs is 1. The molecule has 1 aliphatic rings. The van der Waals surface area contributed by atoms with Crippen LogP contribution in [0.4, 0.5) is 4.79 Å². The van der Waals surface area contributed by atoms with Crippen LogP contribution in [0.15, 0.2) is 91.0 Å². The molecule has 1 aliphatic heterocycles. The maximum absolute atomic E-state index is 11.2. The molecule has 220 valence electrons. The van der Waals surface area contributed by atoms with Gasteiger partial charge in [-0.2, -0.15) is 0 Å². The van der Waals surface area contributed by atoms with Gasteiger partial charge in [0.25, 0.3) is 0 Å². The number of nitrogens with zero attached hydrogens (tertiary/aromatic N) is 1. The topological polar surface area (TPSA) is 77.5 Å². The number of hydrogen-bond acceptors (Lipinski definition) is 6. The molecule has 0 aromatic heterocycles. The molecule has 5 rings (SSSR count). The molecular weight excluding hydrogens is 598 g/mol. The van der Waals surface area contributed by atoms with Crippen molar-refractivity contribution in [3.05, 3.63) is 113 Å². The molecular formula is C34H36BrNO6. The lowest BCUT2D eigenvalue weighted by atomic mass is 9.87. The minimum atomic E-state index is -1.31. The average molecular weight is 635 g/mol. The highest BCUT2D eigenvalue weighted by atomic mass is 79.9. The fourth-order valence-electron chi connectivity index (χ4n) is 5.35. The largest absolute Gasteiger partial charge is 0.525 e. The van der Waals surface area contributed by atoms with E-state index in [-0.39, 0.29) is 12.0 Å². The molecule has 7 nitrogen and oxygen atoms in total. The summed E-state index contributed by atoms with van der Waals surface area (Å²) in [6.07, 6.45) is -0.0365. The number of hydroxylamine groups is 2. The van der Waals surface area contributed by atoms with Crippen LogP contribution in [0.2, 0.25) is 0 Å². The molecule has 4 aromatic carbocycles. The van der Waals surface area contributed by atoms with E-state index in [0.717, 1.165) is 34.2 Å². The first-order valence-corrected chi connectivity index (χ1v) is 15.4. The van der Waals surface area contributed by atoms with Gasteiger partial charge in [-0.1, -0.05) is 88.7 Å². The van der Waals surface area contributed by atoms with Crippen LogP contribution in [0.1, 0.15) is 41.0 Å². The Hall–Kier alpha value is -3.43. The fourth-order valence-corrected chi connectivity index (χ4v) is 5.84. The molecule has 1 N–H and O–H groups in total. The lowest BCUT2D eigenvalue weighted by Gasteiger charge is -2.37. The van der Waals surface area contributed by atoms with Gasteiger partial charge < -0.3 is 24.2 Å². The highest BCUT2D eigenvalue weighted by molar-refractivity contribution is 9.08. The number of rotatable bonds is 13. The van der Waals surface area contributed by atoms with Crippen molar-refractivity contribution in [2.45, 2.75) is 43.4 Å². The molecule has 2 atom stereocenters.